The average Bonchev–Trinajstić information content (AvgIpc) is 2.64. The van der Waals surface area contributed by atoms with E-state index >= 15 is 0 Å². The third-order valence-electron chi connectivity index (χ3n) is 2.40. The number of hydrogen-bond donors (Lipinski definition) is 1. The molecule has 19 heavy (non-hydrogen) atoms. The van der Waals surface area contributed by atoms with Gasteiger partial charge in [0.15, 0.2) is 11.5 Å². The number of nitrogens with one attached hydrogen (secondary N) is 1. The van der Waals surface area contributed by atoms with Gasteiger partial charge in [0, 0.05) is 0 Å². The van der Waals surface area contributed by atoms with Gasteiger partial charge < -0.3 is 0 Å². The van der Waals surface area contributed by atoms with Crippen LogP contribution in [0.1, 0.15) is 5.69 Å². The number of aryl methyl sites for hydroxylation is 1. The lowest BCUT2D eigenvalue weighted by Gasteiger charge is -2.08. The van der Waals surface area contributed by atoms with E-state index in [2.05, 4.69) is 15.0 Å². The van der Waals surface area contributed by atoms with Gasteiger partial charge in [0.1, 0.15) is 0 Å². The highest BCUT2D eigenvalue weighted by atomic mass is 32.2. The van der Waals surface area contributed by atoms with Crippen LogP contribution in [0.15, 0.2) is 35.5 Å². The molecule has 0 aliphatic carbocycles. The number of benzene rings is 1. The highest BCUT2D eigenvalue weighted by molar-refractivity contribution is 7.92. The first-order valence-corrected chi connectivity index (χ1v) is 7.27. The molecule has 2 rings (SSSR count). The fraction of sp³-hybridized carbons (Fsp3) is 0.182. The Bertz CT molecular complexity index is 707. The van der Waals surface area contributed by atoms with Gasteiger partial charge in [-0.05, 0) is 24.2 Å². The molecule has 0 spiro atoms. The molecule has 2 aromatic rings. The molecule has 100 valence electrons. The SMILES string of the molecule is Cc1nn(-c2ccccc2)c(NS(C)(=O)=O)c1N=O. The van der Waals surface area contributed by atoms with E-state index in [0.717, 1.165) is 6.26 Å². The standard InChI is InChI=1S/C11H12N4O3S/c1-8-10(13-16)11(14-19(2,17)18)15(12-8)9-6-4-3-5-7-9/h3-7,14H,1-2H3. The first-order chi connectivity index (χ1) is 8.92. The maximum Gasteiger partial charge on any atom is 0.231 e. The highest BCUT2D eigenvalue weighted by Gasteiger charge is 2.19. The predicted molar refractivity (Wildman–Crippen MR) is 72.2 cm³/mol. The van der Waals surface area contributed by atoms with E-state index in [0.29, 0.717) is 11.4 Å². The average molecular weight is 280 g/mol. The molecule has 0 radical (unpaired) electrons. The summed E-state index contributed by atoms with van der Waals surface area (Å²) in [7, 11) is -3.54. The maximum absolute atomic E-state index is 11.4. The number of sulfonamides is 1. The normalized spacial score (nSPS) is 11.3. The molecule has 0 fully saturated rings. The van der Waals surface area contributed by atoms with Crippen molar-refractivity contribution in [2.75, 3.05) is 11.0 Å². The molecule has 0 atom stereocenters. The number of para-hydroxylation sites is 1. The quantitative estimate of drug-likeness (QED) is 0.866. The van der Waals surface area contributed by atoms with E-state index in [4.69, 9.17) is 0 Å². The second kappa shape index (κ2) is 4.81. The van der Waals surface area contributed by atoms with Crippen LogP contribution < -0.4 is 4.72 Å². The third kappa shape index (κ3) is 2.79. The Hall–Kier alpha value is -2.22. The van der Waals surface area contributed by atoms with Crippen LogP contribution in [-0.4, -0.2) is 24.5 Å². The predicted octanol–water partition coefficient (Wildman–Crippen LogP) is 1.95. The first kappa shape index (κ1) is 13.2. The van der Waals surface area contributed by atoms with Crippen LogP contribution in [0.3, 0.4) is 0 Å². The third-order valence-corrected chi connectivity index (χ3v) is 2.97. The van der Waals surface area contributed by atoms with Crippen molar-refractivity contribution in [1.29, 1.82) is 0 Å². The Morgan fingerprint density at radius 1 is 1.26 bits per heavy atom. The summed E-state index contributed by atoms with van der Waals surface area (Å²) in [5, 5.41) is 6.97. The molecule has 1 aromatic carbocycles. The second-order valence-corrected chi connectivity index (χ2v) is 5.74. The van der Waals surface area contributed by atoms with Gasteiger partial charge in [-0.1, -0.05) is 18.2 Å². The van der Waals surface area contributed by atoms with Gasteiger partial charge in [0.05, 0.1) is 17.6 Å². The van der Waals surface area contributed by atoms with Gasteiger partial charge in [-0.25, -0.2) is 13.1 Å². The number of aromatic nitrogens is 2. The lowest BCUT2D eigenvalue weighted by Crippen LogP contribution is -2.13. The molecule has 0 aliphatic heterocycles. The molecule has 0 amide bonds. The van der Waals surface area contributed by atoms with E-state index < -0.39 is 10.0 Å². The van der Waals surface area contributed by atoms with E-state index in [1.54, 1.807) is 31.2 Å². The van der Waals surface area contributed by atoms with E-state index in [1.165, 1.54) is 4.68 Å². The van der Waals surface area contributed by atoms with Crippen LogP contribution in [0.2, 0.25) is 0 Å². The van der Waals surface area contributed by atoms with Crippen LogP contribution in [0.5, 0.6) is 0 Å². The number of nitroso groups, excluding NO2 is 1. The molecule has 0 saturated carbocycles. The molecule has 0 saturated heterocycles. The lowest BCUT2D eigenvalue weighted by atomic mass is 10.3. The number of anilines is 1. The molecular weight excluding hydrogens is 268 g/mol. The number of nitrogens with zero attached hydrogens (tertiary/aromatic N) is 3. The molecule has 0 unspecified atom stereocenters. The van der Waals surface area contributed by atoms with Crippen molar-refractivity contribution in [1.82, 2.24) is 9.78 Å². The maximum atomic E-state index is 11.4. The van der Waals surface area contributed by atoms with Crippen molar-refractivity contribution in [2.45, 2.75) is 6.92 Å². The van der Waals surface area contributed by atoms with Gasteiger partial charge in [0.25, 0.3) is 0 Å². The molecule has 0 aliphatic rings. The fourth-order valence-corrected chi connectivity index (χ4v) is 2.19. The van der Waals surface area contributed by atoms with E-state index in [9.17, 15) is 13.3 Å². The lowest BCUT2D eigenvalue weighted by molar-refractivity contribution is 0.606. The van der Waals surface area contributed by atoms with Crippen molar-refractivity contribution in [2.24, 2.45) is 5.18 Å². The van der Waals surface area contributed by atoms with Crippen molar-refractivity contribution >= 4 is 21.5 Å². The van der Waals surface area contributed by atoms with Gasteiger partial charge in [-0.15, -0.1) is 4.91 Å². The first-order valence-electron chi connectivity index (χ1n) is 5.38. The zero-order valence-corrected chi connectivity index (χ0v) is 11.2. The van der Waals surface area contributed by atoms with Crippen LogP contribution in [0.4, 0.5) is 11.5 Å². The molecule has 8 heteroatoms. The minimum Gasteiger partial charge on any atom is -0.266 e. The van der Waals surface area contributed by atoms with Crippen LogP contribution in [0.25, 0.3) is 5.69 Å². The summed E-state index contributed by atoms with van der Waals surface area (Å²) < 4.78 is 26.3. The number of hydrogen-bond acceptors (Lipinski definition) is 5. The summed E-state index contributed by atoms with van der Waals surface area (Å²) in [5.41, 5.74) is 0.964. The summed E-state index contributed by atoms with van der Waals surface area (Å²) in [5.74, 6) is 0.0428. The topological polar surface area (TPSA) is 93.4 Å². The van der Waals surface area contributed by atoms with Crippen molar-refractivity contribution in [3.63, 3.8) is 0 Å². The summed E-state index contributed by atoms with van der Waals surface area (Å²) in [4.78, 5) is 10.8. The van der Waals surface area contributed by atoms with Crippen molar-refractivity contribution in [3.8, 4) is 5.69 Å². The largest absolute Gasteiger partial charge is 0.266 e. The summed E-state index contributed by atoms with van der Waals surface area (Å²) in [6, 6.07) is 8.88. The zero-order valence-electron chi connectivity index (χ0n) is 10.4. The fourth-order valence-electron chi connectivity index (χ4n) is 1.65. The number of rotatable bonds is 4. The van der Waals surface area contributed by atoms with Crippen molar-refractivity contribution < 1.29 is 8.42 Å². The van der Waals surface area contributed by atoms with Crippen molar-refractivity contribution in [3.05, 3.63) is 40.9 Å². The van der Waals surface area contributed by atoms with Crippen LogP contribution in [0, 0.1) is 11.8 Å². The Labute approximate surface area is 110 Å². The molecular formula is C11H12N4O3S. The van der Waals surface area contributed by atoms with Crippen LogP contribution >= 0.6 is 0 Å². The molecule has 1 aromatic heterocycles. The molecule has 7 nitrogen and oxygen atoms in total. The summed E-state index contributed by atoms with van der Waals surface area (Å²) >= 11 is 0. The molecule has 1 N–H and O–H groups in total. The summed E-state index contributed by atoms with van der Waals surface area (Å²) in [6.45, 7) is 1.59. The highest BCUT2D eigenvalue weighted by Crippen LogP contribution is 2.31. The monoisotopic (exact) mass is 280 g/mol. The van der Waals surface area contributed by atoms with Gasteiger partial charge in [0.2, 0.25) is 10.0 Å². The molecule has 1 heterocycles. The van der Waals surface area contributed by atoms with Gasteiger partial charge >= 0.3 is 0 Å². The van der Waals surface area contributed by atoms with Crippen LogP contribution in [-0.2, 0) is 10.0 Å². The van der Waals surface area contributed by atoms with Gasteiger partial charge in [-0.2, -0.15) is 5.10 Å². The van der Waals surface area contributed by atoms with E-state index in [-0.39, 0.29) is 11.5 Å². The Morgan fingerprint density at radius 2 is 1.89 bits per heavy atom. The van der Waals surface area contributed by atoms with E-state index in [1.807, 2.05) is 6.07 Å². The Kier molecular flexibility index (Phi) is 3.34. The Balaban J connectivity index is 2.65. The summed E-state index contributed by atoms with van der Waals surface area (Å²) in [6.07, 6.45) is 0.999. The minimum atomic E-state index is -3.54. The minimum absolute atomic E-state index is 0.0192. The Morgan fingerprint density at radius 3 is 2.42 bits per heavy atom. The molecule has 0 bridgehead atoms. The smallest absolute Gasteiger partial charge is 0.231 e. The van der Waals surface area contributed by atoms with Gasteiger partial charge in [-0.3, -0.25) is 4.72 Å². The second-order valence-electron chi connectivity index (χ2n) is 4.00. The zero-order chi connectivity index (χ0) is 14.0.